The van der Waals surface area contributed by atoms with Crippen LogP contribution in [0.15, 0.2) is 29.2 Å². The fourth-order valence-corrected chi connectivity index (χ4v) is 3.70. The molecule has 0 N–H and O–H groups in total. The summed E-state index contributed by atoms with van der Waals surface area (Å²) in [7, 11) is 1.63. The third kappa shape index (κ3) is 3.59. The Hall–Kier alpha value is -0.840. The van der Waals surface area contributed by atoms with Gasteiger partial charge in [-0.1, -0.05) is 32.0 Å². The number of rotatable bonds is 4. The first-order valence-electron chi connectivity index (χ1n) is 6.53. The van der Waals surface area contributed by atoms with Crippen LogP contribution in [0.1, 0.15) is 31.7 Å². The van der Waals surface area contributed by atoms with Gasteiger partial charge in [-0.3, -0.25) is 4.79 Å². The Morgan fingerprint density at radius 2 is 2.11 bits per heavy atom. The first kappa shape index (κ1) is 14.6. The van der Waals surface area contributed by atoms with Gasteiger partial charge in [0.15, 0.2) is 12.1 Å². The average molecular weight is 280 g/mol. The van der Waals surface area contributed by atoms with Crippen molar-refractivity contribution in [2.75, 3.05) is 13.7 Å². The van der Waals surface area contributed by atoms with Gasteiger partial charge in [-0.25, -0.2) is 0 Å². The second kappa shape index (κ2) is 6.55. The van der Waals surface area contributed by atoms with E-state index >= 15 is 0 Å². The number of Topliss-reactive ketones (excluding diaryl/α,β-unsaturated/α-hetero) is 1. The number of methoxy groups -OCH3 is 1. The van der Waals surface area contributed by atoms with E-state index in [1.165, 1.54) is 10.5 Å². The molecule has 104 valence electrons. The highest BCUT2D eigenvalue weighted by atomic mass is 32.2. The van der Waals surface area contributed by atoms with E-state index in [0.717, 1.165) is 0 Å². The van der Waals surface area contributed by atoms with Crippen LogP contribution >= 0.6 is 11.8 Å². The van der Waals surface area contributed by atoms with Gasteiger partial charge in [0.1, 0.15) is 6.61 Å². The number of hydrogen-bond acceptors (Lipinski definition) is 4. The molecule has 0 spiro atoms. The first-order valence-corrected chi connectivity index (χ1v) is 7.41. The lowest BCUT2D eigenvalue weighted by Crippen LogP contribution is -2.38. The zero-order valence-corrected chi connectivity index (χ0v) is 12.4. The molecule has 0 aliphatic carbocycles. The largest absolute Gasteiger partial charge is 0.355 e. The normalized spacial score (nSPS) is 23.9. The third-order valence-electron chi connectivity index (χ3n) is 3.19. The molecule has 19 heavy (non-hydrogen) atoms. The summed E-state index contributed by atoms with van der Waals surface area (Å²) in [6, 6.07) is 8.32. The van der Waals surface area contributed by atoms with Gasteiger partial charge >= 0.3 is 0 Å². The van der Waals surface area contributed by atoms with Gasteiger partial charge in [0, 0.05) is 18.4 Å². The van der Waals surface area contributed by atoms with Crippen LogP contribution in [0.5, 0.6) is 0 Å². The highest BCUT2D eigenvalue weighted by Crippen LogP contribution is 2.36. The Morgan fingerprint density at radius 1 is 1.37 bits per heavy atom. The van der Waals surface area contributed by atoms with Gasteiger partial charge < -0.3 is 9.47 Å². The molecular weight excluding hydrogens is 260 g/mol. The van der Waals surface area contributed by atoms with Crippen LogP contribution in [0.2, 0.25) is 0 Å². The fraction of sp³-hybridized carbons (Fsp3) is 0.533. The van der Waals surface area contributed by atoms with E-state index in [4.69, 9.17) is 9.47 Å². The molecule has 1 aromatic carbocycles. The third-order valence-corrected chi connectivity index (χ3v) is 4.51. The molecule has 1 aliphatic rings. The van der Waals surface area contributed by atoms with Crippen molar-refractivity contribution in [1.29, 1.82) is 0 Å². The van der Waals surface area contributed by atoms with Crippen molar-refractivity contribution in [1.82, 2.24) is 0 Å². The number of hydrogen-bond donors (Lipinski definition) is 0. The van der Waals surface area contributed by atoms with Gasteiger partial charge in [0.2, 0.25) is 0 Å². The maximum absolute atomic E-state index is 11.6. The van der Waals surface area contributed by atoms with Crippen molar-refractivity contribution in [3.05, 3.63) is 29.8 Å². The standard InChI is InChI=1S/C15H20O3S/c1-10(2)12-6-4-5-7-13(12)19-14-8-11(16)9-18-15(14)17-3/h4-7,10,14-15H,8-9H2,1-3H3/t14-,15-/m0/s1. The molecular formula is C15H20O3S. The van der Waals surface area contributed by atoms with Crippen LogP contribution < -0.4 is 0 Å². The maximum Gasteiger partial charge on any atom is 0.170 e. The van der Waals surface area contributed by atoms with Gasteiger partial charge in [0.25, 0.3) is 0 Å². The molecule has 1 saturated heterocycles. The first-order chi connectivity index (χ1) is 9.11. The number of ether oxygens (including phenoxy) is 2. The number of ketones is 1. The van der Waals surface area contributed by atoms with Crippen molar-refractivity contribution in [2.24, 2.45) is 0 Å². The van der Waals surface area contributed by atoms with Crippen LogP contribution in [0.25, 0.3) is 0 Å². The Morgan fingerprint density at radius 3 is 2.79 bits per heavy atom. The van der Waals surface area contributed by atoms with Gasteiger partial charge in [-0.15, -0.1) is 11.8 Å². The highest BCUT2D eigenvalue weighted by Gasteiger charge is 2.31. The van der Waals surface area contributed by atoms with E-state index in [1.807, 2.05) is 6.07 Å². The minimum Gasteiger partial charge on any atom is -0.355 e. The van der Waals surface area contributed by atoms with Crippen LogP contribution in [0.3, 0.4) is 0 Å². The van der Waals surface area contributed by atoms with E-state index in [0.29, 0.717) is 12.3 Å². The maximum atomic E-state index is 11.6. The Kier molecular flexibility index (Phi) is 5.02. The monoisotopic (exact) mass is 280 g/mol. The van der Waals surface area contributed by atoms with Crippen LogP contribution in [-0.2, 0) is 14.3 Å². The minimum absolute atomic E-state index is 0.0335. The average Bonchev–Trinajstić information content (AvgIpc) is 2.39. The number of thioether (sulfide) groups is 1. The van der Waals surface area contributed by atoms with Crippen molar-refractivity contribution in [3.63, 3.8) is 0 Å². The lowest BCUT2D eigenvalue weighted by Gasteiger charge is -2.29. The van der Waals surface area contributed by atoms with E-state index in [1.54, 1.807) is 18.9 Å². The summed E-state index contributed by atoms with van der Waals surface area (Å²) < 4.78 is 10.8. The smallest absolute Gasteiger partial charge is 0.170 e. The molecule has 1 fully saturated rings. The summed E-state index contributed by atoms with van der Waals surface area (Å²) in [5.41, 5.74) is 1.31. The van der Waals surface area contributed by atoms with Crippen molar-refractivity contribution in [3.8, 4) is 0 Å². The minimum atomic E-state index is -0.303. The molecule has 2 atom stereocenters. The zero-order valence-electron chi connectivity index (χ0n) is 11.6. The van der Waals surface area contributed by atoms with Crippen molar-refractivity contribution in [2.45, 2.75) is 42.6 Å². The lowest BCUT2D eigenvalue weighted by molar-refractivity contribution is -0.160. The molecule has 1 heterocycles. The van der Waals surface area contributed by atoms with Crippen molar-refractivity contribution >= 4 is 17.5 Å². The Bertz CT molecular complexity index is 445. The molecule has 0 bridgehead atoms. The zero-order chi connectivity index (χ0) is 13.8. The predicted molar refractivity (Wildman–Crippen MR) is 76.5 cm³/mol. The van der Waals surface area contributed by atoms with Crippen molar-refractivity contribution < 1.29 is 14.3 Å². The summed E-state index contributed by atoms with van der Waals surface area (Å²) in [4.78, 5) is 12.8. The molecule has 3 nitrogen and oxygen atoms in total. The van der Waals surface area contributed by atoms with E-state index < -0.39 is 0 Å². The SMILES string of the molecule is CO[C@H]1OCC(=O)C[C@@H]1Sc1ccccc1C(C)C. The van der Waals surface area contributed by atoms with Crippen LogP contribution in [0, 0.1) is 0 Å². The molecule has 1 aliphatic heterocycles. The molecule has 0 unspecified atom stereocenters. The Labute approximate surface area is 118 Å². The molecule has 0 radical (unpaired) electrons. The number of carbonyl (C=O) groups is 1. The van der Waals surface area contributed by atoms with Gasteiger partial charge in [-0.2, -0.15) is 0 Å². The fourth-order valence-electron chi connectivity index (χ4n) is 2.21. The van der Waals surface area contributed by atoms with E-state index in [2.05, 4.69) is 32.0 Å². The molecule has 2 rings (SSSR count). The summed E-state index contributed by atoms with van der Waals surface area (Å²) in [6.07, 6.45) is 0.207. The van der Waals surface area contributed by atoms with Gasteiger partial charge in [0.05, 0.1) is 5.25 Å². The Balaban J connectivity index is 2.17. The molecule has 4 heteroatoms. The van der Waals surface area contributed by atoms with Crippen LogP contribution in [-0.4, -0.2) is 31.0 Å². The lowest BCUT2D eigenvalue weighted by atomic mass is 10.0. The van der Waals surface area contributed by atoms with Crippen LogP contribution in [0.4, 0.5) is 0 Å². The van der Waals surface area contributed by atoms with Gasteiger partial charge in [-0.05, 0) is 17.5 Å². The summed E-state index contributed by atoms with van der Waals surface area (Å²) in [5.74, 6) is 0.609. The molecule has 1 aromatic rings. The quantitative estimate of drug-likeness (QED) is 0.848. The summed E-state index contributed by atoms with van der Waals surface area (Å²) >= 11 is 1.69. The topological polar surface area (TPSA) is 35.5 Å². The van der Waals surface area contributed by atoms with E-state index in [9.17, 15) is 4.79 Å². The number of benzene rings is 1. The molecule has 0 aromatic heterocycles. The summed E-state index contributed by atoms with van der Waals surface area (Å²) in [5, 5.41) is 0.0335. The molecule has 0 amide bonds. The van der Waals surface area contributed by atoms with E-state index in [-0.39, 0.29) is 23.9 Å². The predicted octanol–water partition coefficient (Wildman–Crippen LogP) is 3.23. The molecule has 0 saturated carbocycles. The second-order valence-electron chi connectivity index (χ2n) is 5.01. The number of carbonyl (C=O) groups excluding carboxylic acids is 1. The highest BCUT2D eigenvalue weighted by molar-refractivity contribution is 8.00. The summed E-state index contributed by atoms with van der Waals surface area (Å²) in [6.45, 7) is 4.52. The second-order valence-corrected chi connectivity index (χ2v) is 6.29.